The van der Waals surface area contributed by atoms with Gasteiger partial charge in [-0.3, -0.25) is 0 Å². The highest BCUT2D eigenvalue weighted by Gasteiger charge is 2.36. The SMILES string of the molecule is COc1cccc2c1C(C(C)(C)CN)CC2. The molecule has 88 valence electrons. The lowest BCUT2D eigenvalue weighted by Crippen LogP contribution is -2.29. The van der Waals surface area contributed by atoms with Crippen LogP contribution in [0.5, 0.6) is 5.75 Å². The summed E-state index contributed by atoms with van der Waals surface area (Å²) >= 11 is 0. The van der Waals surface area contributed by atoms with E-state index in [0.29, 0.717) is 5.92 Å². The molecule has 2 heteroatoms. The molecule has 2 rings (SSSR count). The first-order valence-corrected chi connectivity index (χ1v) is 5.96. The van der Waals surface area contributed by atoms with Gasteiger partial charge >= 0.3 is 0 Å². The third kappa shape index (κ3) is 1.71. The average Bonchev–Trinajstić information content (AvgIpc) is 2.73. The molecule has 0 saturated heterocycles. The molecule has 0 fully saturated rings. The maximum atomic E-state index is 5.89. The summed E-state index contributed by atoms with van der Waals surface area (Å²) in [4.78, 5) is 0. The van der Waals surface area contributed by atoms with Gasteiger partial charge in [-0.1, -0.05) is 26.0 Å². The summed E-state index contributed by atoms with van der Waals surface area (Å²) in [5, 5.41) is 0. The Morgan fingerprint density at radius 3 is 2.81 bits per heavy atom. The van der Waals surface area contributed by atoms with Gasteiger partial charge in [-0.05, 0) is 42.3 Å². The van der Waals surface area contributed by atoms with Crippen LogP contribution in [0.2, 0.25) is 0 Å². The first kappa shape index (κ1) is 11.5. The largest absolute Gasteiger partial charge is 0.496 e. The molecule has 0 heterocycles. The maximum absolute atomic E-state index is 5.89. The highest BCUT2D eigenvalue weighted by Crippen LogP contribution is 2.48. The average molecular weight is 219 g/mol. The minimum absolute atomic E-state index is 0.153. The van der Waals surface area contributed by atoms with Gasteiger partial charge in [0.2, 0.25) is 0 Å². The van der Waals surface area contributed by atoms with E-state index in [1.165, 1.54) is 17.5 Å². The van der Waals surface area contributed by atoms with Crippen LogP contribution >= 0.6 is 0 Å². The molecular weight excluding hydrogens is 198 g/mol. The van der Waals surface area contributed by atoms with Gasteiger partial charge in [0, 0.05) is 5.56 Å². The Labute approximate surface area is 97.8 Å². The minimum atomic E-state index is 0.153. The van der Waals surface area contributed by atoms with E-state index in [0.717, 1.165) is 18.7 Å². The van der Waals surface area contributed by atoms with E-state index in [1.807, 2.05) is 0 Å². The second kappa shape index (κ2) is 4.10. The van der Waals surface area contributed by atoms with E-state index in [-0.39, 0.29) is 5.41 Å². The molecule has 0 bridgehead atoms. The third-order valence-corrected chi connectivity index (χ3v) is 3.90. The topological polar surface area (TPSA) is 35.2 Å². The first-order chi connectivity index (χ1) is 7.60. The number of rotatable bonds is 3. The molecule has 1 aromatic rings. The van der Waals surface area contributed by atoms with E-state index in [9.17, 15) is 0 Å². The smallest absolute Gasteiger partial charge is 0.122 e. The molecule has 0 aliphatic heterocycles. The number of hydrogen-bond acceptors (Lipinski definition) is 2. The molecule has 0 saturated carbocycles. The molecule has 1 aliphatic carbocycles. The van der Waals surface area contributed by atoms with Gasteiger partial charge in [0.15, 0.2) is 0 Å². The molecule has 0 aromatic heterocycles. The van der Waals surface area contributed by atoms with Crippen molar-refractivity contribution in [1.29, 1.82) is 0 Å². The summed E-state index contributed by atoms with van der Waals surface area (Å²) in [5.41, 5.74) is 8.87. The Morgan fingerprint density at radius 2 is 2.19 bits per heavy atom. The number of methoxy groups -OCH3 is 1. The van der Waals surface area contributed by atoms with Crippen LogP contribution < -0.4 is 10.5 Å². The van der Waals surface area contributed by atoms with Gasteiger partial charge in [0.05, 0.1) is 7.11 Å². The van der Waals surface area contributed by atoms with Crippen molar-refractivity contribution < 1.29 is 4.74 Å². The lowest BCUT2D eigenvalue weighted by molar-refractivity contribution is 0.287. The van der Waals surface area contributed by atoms with Crippen LogP contribution in [0.3, 0.4) is 0 Å². The third-order valence-electron chi connectivity index (χ3n) is 3.90. The van der Waals surface area contributed by atoms with Crippen LogP contribution in [0.15, 0.2) is 18.2 Å². The summed E-state index contributed by atoms with van der Waals surface area (Å²) in [6.07, 6.45) is 2.35. The molecule has 1 aromatic carbocycles. The predicted molar refractivity (Wildman–Crippen MR) is 66.9 cm³/mol. The van der Waals surface area contributed by atoms with Crippen LogP contribution in [-0.4, -0.2) is 13.7 Å². The van der Waals surface area contributed by atoms with Crippen LogP contribution in [0.4, 0.5) is 0 Å². The zero-order valence-electron chi connectivity index (χ0n) is 10.4. The van der Waals surface area contributed by atoms with Gasteiger partial charge in [0.25, 0.3) is 0 Å². The van der Waals surface area contributed by atoms with Crippen molar-refractivity contribution in [3.8, 4) is 5.75 Å². The van der Waals surface area contributed by atoms with Crippen molar-refractivity contribution >= 4 is 0 Å². The molecule has 0 amide bonds. The highest BCUT2D eigenvalue weighted by atomic mass is 16.5. The second-order valence-electron chi connectivity index (χ2n) is 5.32. The number of ether oxygens (including phenoxy) is 1. The van der Waals surface area contributed by atoms with E-state index in [1.54, 1.807) is 7.11 Å². The van der Waals surface area contributed by atoms with Gasteiger partial charge in [0.1, 0.15) is 5.75 Å². The molecular formula is C14H21NO. The summed E-state index contributed by atoms with van der Waals surface area (Å²) in [6.45, 7) is 5.22. The number of benzene rings is 1. The number of nitrogens with two attached hydrogens (primary N) is 1. The number of fused-ring (bicyclic) bond motifs is 1. The fourth-order valence-corrected chi connectivity index (χ4v) is 2.75. The molecule has 16 heavy (non-hydrogen) atoms. The van der Waals surface area contributed by atoms with E-state index >= 15 is 0 Å². The van der Waals surface area contributed by atoms with Gasteiger partial charge in [-0.2, -0.15) is 0 Å². The molecule has 1 aliphatic rings. The minimum Gasteiger partial charge on any atom is -0.496 e. The Bertz CT molecular complexity index is 384. The molecule has 2 N–H and O–H groups in total. The van der Waals surface area contributed by atoms with Crippen molar-refractivity contribution in [1.82, 2.24) is 0 Å². The normalized spacial score (nSPS) is 19.6. The van der Waals surface area contributed by atoms with Crippen LogP contribution in [-0.2, 0) is 6.42 Å². The van der Waals surface area contributed by atoms with Gasteiger partial charge in [-0.15, -0.1) is 0 Å². The van der Waals surface area contributed by atoms with Crippen molar-refractivity contribution in [2.75, 3.05) is 13.7 Å². The molecule has 2 nitrogen and oxygen atoms in total. The number of hydrogen-bond donors (Lipinski definition) is 1. The second-order valence-corrected chi connectivity index (χ2v) is 5.32. The lowest BCUT2D eigenvalue weighted by atomic mass is 9.75. The number of aryl methyl sites for hydroxylation is 1. The van der Waals surface area contributed by atoms with Crippen molar-refractivity contribution in [2.24, 2.45) is 11.1 Å². The first-order valence-electron chi connectivity index (χ1n) is 5.96. The lowest BCUT2D eigenvalue weighted by Gasteiger charge is -2.31. The Morgan fingerprint density at radius 1 is 1.44 bits per heavy atom. The fourth-order valence-electron chi connectivity index (χ4n) is 2.75. The molecule has 1 atom stereocenters. The standard InChI is InChI=1S/C14H21NO/c1-14(2,9-15)11-8-7-10-5-4-6-12(16-3)13(10)11/h4-6,11H,7-9,15H2,1-3H3. The Hall–Kier alpha value is -1.02. The summed E-state index contributed by atoms with van der Waals surface area (Å²) < 4.78 is 5.49. The van der Waals surface area contributed by atoms with Crippen molar-refractivity contribution in [2.45, 2.75) is 32.6 Å². The Balaban J connectivity index is 2.45. The maximum Gasteiger partial charge on any atom is 0.122 e. The molecule has 1 unspecified atom stereocenters. The summed E-state index contributed by atoms with van der Waals surface area (Å²) in [6, 6.07) is 6.35. The quantitative estimate of drug-likeness (QED) is 0.848. The van der Waals surface area contributed by atoms with Gasteiger partial charge < -0.3 is 10.5 Å². The summed E-state index contributed by atoms with van der Waals surface area (Å²) in [5.74, 6) is 1.56. The monoisotopic (exact) mass is 219 g/mol. The van der Waals surface area contributed by atoms with Crippen LogP contribution in [0.25, 0.3) is 0 Å². The summed E-state index contributed by atoms with van der Waals surface area (Å²) in [7, 11) is 1.75. The predicted octanol–water partition coefficient (Wildman–Crippen LogP) is 2.71. The Kier molecular flexibility index (Phi) is 2.94. The zero-order valence-corrected chi connectivity index (χ0v) is 10.4. The van der Waals surface area contributed by atoms with Crippen LogP contribution in [0.1, 0.15) is 37.3 Å². The van der Waals surface area contributed by atoms with E-state index in [4.69, 9.17) is 10.5 Å². The highest BCUT2D eigenvalue weighted by molar-refractivity contribution is 5.47. The van der Waals surface area contributed by atoms with E-state index < -0.39 is 0 Å². The van der Waals surface area contributed by atoms with Crippen LogP contribution in [0, 0.1) is 5.41 Å². The molecule has 0 radical (unpaired) electrons. The molecule has 0 spiro atoms. The van der Waals surface area contributed by atoms with E-state index in [2.05, 4.69) is 32.0 Å². The zero-order chi connectivity index (χ0) is 11.8. The van der Waals surface area contributed by atoms with Gasteiger partial charge in [-0.25, -0.2) is 0 Å². The van der Waals surface area contributed by atoms with Crippen molar-refractivity contribution in [3.05, 3.63) is 29.3 Å². The fraction of sp³-hybridized carbons (Fsp3) is 0.571. The van der Waals surface area contributed by atoms with Crippen molar-refractivity contribution in [3.63, 3.8) is 0 Å².